The Morgan fingerprint density at radius 2 is 2.05 bits per heavy atom. The number of amides is 1. The molecule has 0 radical (unpaired) electrons. The second-order valence-electron chi connectivity index (χ2n) is 4.07. The summed E-state index contributed by atoms with van der Waals surface area (Å²) in [7, 11) is 0. The summed E-state index contributed by atoms with van der Waals surface area (Å²) in [4.78, 5) is 26.5. The molecule has 5 nitrogen and oxygen atoms in total. The number of aromatic amines is 1. The van der Waals surface area contributed by atoms with Gasteiger partial charge in [-0.2, -0.15) is 13.2 Å². The first-order valence-electron chi connectivity index (χ1n) is 6.02. The average Bonchev–Trinajstić information content (AvgIpc) is 2.38. The lowest BCUT2D eigenvalue weighted by molar-refractivity contribution is -0.141. The minimum Gasteiger partial charge on any atom is -0.396 e. The molecule has 0 aliphatic carbocycles. The van der Waals surface area contributed by atoms with Crippen LogP contribution in [0.3, 0.4) is 0 Å². The molecule has 2 N–H and O–H groups in total. The zero-order valence-corrected chi connectivity index (χ0v) is 10.8. The number of nitrogens with zero attached hydrogens (tertiary/aromatic N) is 1. The molecule has 20 heavy (non-hydrogen) atoms. The van der Waals surface area contributed by atoms with E-state index in [1.807, 2.05) is 0 Å². The summed E-state index contributed by atoms with van der Waals surface area (Å²) < 4.78 is 37.2. The molecule has 0 aliphatic heterocycles. The third-order valence-corrected chi connectivity index (χ3v) is 2.70. The molecule has 1 aromatic rings. The van der Waals surface area contributed by atoms with E-state index in [1.54, 1.807) is 11.9 Å². The summed E-state index contributed by atoms with van der Waals surface area (Å²) in [5.41, 5.74) is -2.62. The minimum atomic E-state index is -4.66. The van der Waals surface area contributed by atoms with Crippen LogP contribution >= 0.6 is 0 Å². The first kappa shape index (κ1) is 16.2. The Kier molecular flexibility index (Phi) is 5.32. The number of alkyl halides is 3. The number of hydrogen-bond acceptors (Lipinski definition) is 3. The SMILES string of the molecule is CCN(CCCO)C(=O)c1ccc(C(F)(F)F)[nH]c1=O. The molecule has 1 heterocycles. The van der Waals surface area contributed by atoms with Crippen LogP contribution in [0.1, 0.15) is 29.4 Å². The standard InChI is InChI=1S/C12H15F3N2O3/c1-2-17(6-3-7-18)11(20)8-4-5-9(12(13,14)15)16-10(8)19/h4-5,18H,2-3,6-7H2,1H3,(H,16,19). The fourth-order valence-electron chi connectivity index (χ4n) is 1.64. The van der Waals surface area contributed by atoms with Crippen molar-refractivity contribution in [1.29, 1.82) is 0 Å². The van der Waals surface area contributed by atoms with Gasteiger partial charge in [-0.15, -0.1) is 0 Å². The molecule has 0 bridgehead atoms. The lowest BCUT2D eigenvalue weighted by Crippen LogP contribution is -2.36. The maximum atomic E-state index is 12.4. The average molecular weight is 292 g/mol. The fraction of sp³-hybridized carbons (Fsp3) is 0.500. The number of aromatic nitrogens is 1. The van der Waals surface area contributed by atoms with E-state index < -0.39 is 23.3 Å². The van der Waals surface area contributed by atoms with E-state index in [9.17, 15) is 22.8 Å². The van der Waals surface area contributed by atoms with E-state index in [1.165, 1.54) is 4.90 Å². The predicted molar refractivity (Wildman–Crippen MR) is 65.3 cm³/mol. The van der Waals surface area contributed by atoms with E-state index in [0.717, 1.165) is 6.07 Å². The van der Waals surface area contributed by atoms with Crippen LogP contribution in [-0.4, -0.2) is 40.6 Å². The molecule has 0 unspecified atom stereocenters. The molecule has 1 aromatic heterocycles. The molecule has 0 fully saturated rings. The van der Waals surface area contributed by atoms with Gasteiger partial charge in [0.1, 0.15) is 11.3 Å². The maximum absolute atomic E-state index is 12.4. The third-order valence-electron chi connectivity index (χ3n) is 2.70. The topological polar surface area (TPSA) is 73.4 Å². The van der Waals surface area contributed by atoms with Crippen molar-refractivity contribution >= 4 is 5.91 Å². The second kappa shape index (κ2) is 6.56. The molecule has 1 amide bonds. The van der Waals surface area contributed by atoms with Gasteiger partial charge in [0.2, 0.25) is 0 Å². The van der Waals surface area contributed by atoms with Crippen molar-refractivity contribution in [3.8, 4) is 0 Å². The van der Waals surface area contributed by atoms with E-state index in [2.05, 4.69) is 0 Å². The Balaban J connectivity index is 3.02. The molecule has 112 valence electrons. The van der Waals surface area contributed by atoms with Crippen molar-refractivity contribution in [2.75, 3.05) is 19.7 Å². The summed E-state index contributed by atoms with van der Waals surface area (Å²) in [5.74, 6) is -0.657. The first-order valence-corrected chi connectivity index (χ1v) is 6.02. The minimum absolute atomic E-state index is 0.118. The number of rotatable bonds is 5. The summed E-state index contributed by atoms with van der Waals surface area (Å²) >= 11 is 0. The van der Waals surface area contributed by atoms with E-state index in [4.69, 9.17) is 5.11 Å². The summed E-state index contributed by atoms with van der Waals surface area (Å²) in [6, 6.07) is 1.53. The van der Waals surface area contributed by atoms with Gasteiger partial charge < -0.3 is 15.0 Å². The Hall–Kier alpha value is -1.83. The number of aliphatic hydroxyl groups is 1. The number of nitrogens with one attached hydrogen (secondary N) is 1. The van der Waals surface area contributed by atoms with Gasteiger partial charge in [-0.1, -0.05) is 0 Å². The highest BCUT2D eigenvalue weighted by Gasteiger charge is 2.32. The molecule has 0 aromatic carbocycles. The summed E-state index contributed by atoms with van der Waals surface area (Å²) in [6.07, 6.45) is -4.33. The quantitative estimate of drug-likeness (QED) is 0.857. The van der Waals surface area contributed by atoms with E-state index in [-0.39, 0.29) is 18.7 Å². The van der Waals surface area contributed by atoms with E-state index >= 15 is 0 Å². The van der Waals surface area contributed by atoms with Crippen LogP contribution in [0.4, 0.5) is 13.2 Å². The number of pyridine rings is 1. The number of hydrogen-bond donors (Lipinski definition) is 2. The van der Waals surface area contributed by atoms with Crippen LogP contribution in [0.2, 0.25) is 0 Å². The summed E-state index contributed by atoms with van der Waals surface area (Å²) in [5, 5.41) is 8.71. The maximum Gasteiger partial charge on any atom is 0.431 e. The van der Waals surface area contributed by atoms with Crippen LogP contribution in [0.15, 0.2) is 16.9 Å². The highest BCUT2D eigenvalue weighted by molar-refractivity contribution is 5.93. The lowest BCUT2D eigenvalue weighted by atomic mass is 10.2. The van der Waals surface area contributed by atoms with Crippen molar-refractivity contribution in [2.45, 2.75) is 19.5 Å². The Bertz CT molecular complexity index is 525. The second-order valence-corrected chi connectivity index (χ2v) is 4.07. The van der Waals surface area contributed by atoms with Crippen LogP contribution in [0.5, 0.6) is 0 Å². The van der Waals surface area contributed by atoms with Gasteiger partial charge in [-0.25, -0.2) is 0 Å². The third kappa shape index (κ3) is 3.83. The van der Waals surface area contributed by atoms with Crippen molar-refractivity contribution in [2.24, 2.45) is 0 Å². The Morgan fingerprint density at radius 3 is 2.50 bits per heavy atom. The van der Waals surface area contributed by atoms with Crippen LogP contribution in [0, 0.1) is 0 Å². The van der Waals surface area contributed by atoms with Crippen LogP contribution < -0.4 is 5.56 Å². The number of halogens is 3. The van der Waals surface area contributed by atoms with Gasteiger partial charge in [0, 0.05) is 19.7 Å². The van der Waals surface area contributed by atoms with Gasteiger partial charge >= 0.3 is 6.18 Å². The molecular weight excluding hydrogens is 277 g/mol. The molecule has 8 heteroatoms. The first-order chi connectivity index (χ1) is 9.31. The number of carbonyl (C=O) groups excluding carboxylic acids is 1. The smallest absolute Gasteiger partial charge is 0.396 e. The van der Waals surface area contributed by atoms with Crippen molar-refractivity contribution in [3.05, 3.63) is 33.7 Å². The van der Waals surface area contributed by atoms with E-state index in [0.29, 0.717) is 19.0 Å². The zero-order chi connectivity index (χ0) is 15.3. The summed E-state index contributed by atoms with van der Waals surface area (Å²) in [6.45, 7) is 2.08. The Morgan fingerprint density at radius 1 is 1.40 bits per heavy atom. The van der Waals surface area contributed by atoms with Gasteiger partial charge in [0.15, 0.2) is 0 Å². The highest BCUT2D eigenvalue weighted by atomic mass is 19.4. The van der Waals surface area contributed by atoms with Crippen LogP contribution in [-0.2, 0) is 6.18 Å². The zero-order valence-electron chi connectivity index (χ0n) is 10.8. The van der Waals surface area contributed by atoms with Crippen molar-refractivity contribution in [1.82, 2.24) is 9.88 Å². The number of aliphatic hydroxyl groups excluding tert-OH is 1. The molecule has 0 atom stereocenters. The number of H-pyrrole nitrogens is 1. The molecule has 0 saturated carbocycles. The fourth-order valence-corrected chi connectivity index (χ4v) is 1.64. The molecular formula is C12H15F3N2O3. The van der Waals surface area contributed by atoms with Gasteiger partial charge in [-0.05, 0) is 25.5 Å². The number of carbonyl (C=O) groups is 1. The van der Waals surface area contributed by atoms with Crippen molar-refractivity contribution < 1.29 is 23.1 Å². The van der Waals surface area contributed by atoms with Crippen LogP contribution in [0.25, 0.3) is 0 Å². The molecule has 1 rings (SSSR count). The normalized spacial score (nSPS) is 11.4. The van der Waals surface area contributed by atoms with Gasteiger partial charge in [-0.3, -0.25) is 9.59 Å². The Labute approximate surface area is 113 Å². The van der Waals surface area contributed by atoms with Gasteiger partial charge in [0.25, 0.3) is 11.5 Å². The molecule has 0 spiro atoms. The van der Waals surface area contributed by atoms with Crippen molar-refractivity contribution in [3.63, 3.8) is 0 Å². The molecule has 0 saturated heterocycles. The highest BCUT2D eigenvalue weighted by Crippen LogP contribution is 2.26. The lowest BCUT2D eigenvalue weighted by Gasteiger charge is -2.20. The predicted octanol–water partition coefficient (Wildman–Crippen LogP) is 1.24. The monoisotopic (exact) mass is 292 g/mol. The largest absolute Gasteiger partial charge is 0.431 e. The van der Waals surface area contributed by atoms with Gasteiger partial charge in [0.05, 0.1) is 0 Å². The molecule has 0 aliphatic rings.